The molecule has 0 bridgehead atoms. The summed E-state index contributed by atoms with van der Waals surface area (Å²) in [5.74, 6) is 0.843. The van der Waals surface area contributed by atoms with Gasteiger partial charge in [0.15, 0.2) is 0 Å². The average Bonchev–Trinajstić information content (AvgIpc) is 3.02. The van der Waals surface area contributed by atoms with Crippen LogP contribution in [0.3, 0.4) is 0 Å². The molecule has 1 aromatic carbocycles. The molecule has 1 unspecified atom stereocenters. The van der Waals surface area contributed by atoms with E-state index in [1.807, 2.05) is 30.3 Å². The normalized spacial score (nSPS) is 16.3. The highest BCUT2D eigenvalue weighted by Crippen LogP contribution is 2.30. The highest BCUT2D eigenvalue weighted by molar-refractivity contribution is 5.85. The van der Waals surface area contributed by atoms with Gasteiger partial charge in [-0.15, -0.1) is 12.4 Å². The second kappa shape index (κ2) is 8.36. The molecule has 1 aliphatic rings. The third-order valence-corrected chi connectivity index (χ3v) is 4.76. The number of phenolic OH excluding ortho intramolecular Hbond substituents is 1. The van der Waals surface area contributed by atoms with Crippen molar-refractivity contribution in [2.24, 2.45) is 7.05 Å². The maximum atomic E-state index is 12.8. The van der Waals surface area contributed by atoms with Gasteiger partial charge in [-0.2, -0.15) is 5.10 Å². The van der Waals surface area contributed by atoms with Crippen LogP contribution in [0.15, 0.2) is 36.7 Å². The van der Waals surface area contributed by atoms with Gasteiger partial charge in [0.25, 0.3) is 0 Å². The maximum absolute atomic E-state index is 12.8. The quantitative estimate of drug-likeness (QED) is 0.872. The van der Waals surface area contributed by atoms with Crippen LogP contribution in [0.5, 0.6) is 5.75 Å². The van der Waals surface area contributed by atoms with Crippen molar-refractivity contribution in [3.63, 3.8) is 0 Å². The first kappa shape index (κ1) is 19.3. The highest BCUT2D eigenvalue weighted by Gasteiger charge is 2.29. The SMILES string of the molecule is CNC(C(=O)N1CCC(c2ccc(O)cc2)CC1)c1cnn(C)c1.Cl. The Balaban J connectivity index is 0.00000225. The number of carbonyl (C=O) groups excluding carboxylic acids is 1. The topological polar surface area (TPSA) is 70.4 Å². The monoisotopic (exact) mass is 364 g/mol. The molecule has 0 radical (unpaired) electrons. The summed E-state index contributed by atoms with van der Waals surface area (Å²) >= 11 is 0. The summed E-state index contributed by atoms with van der Waals surface area (Å²) in [4.78, 5) is 14.8. The lowest BCUT2D eigenvalue weighted by atomic mass is 9.89. The Morgan fingerprint density at radius 1 is 1.28 bits per heavy atom. The van der Waals surface area contributed by atoms with E-state index < -0.39 is 0 Å². The number of piperidine rings is 1. The number of phenols is 1. The molecule has 1 aliphatic heterocycles. The Labute approximate surface area is 154 Å². The highest BCUT2D eigenvalue weighted by atomic mass is 35.5. The first-order chi connectivity index (χ1) is 11.6. The molecule has 1 atom stereocenters. The lowest BCUT2D eigenvalue weighted by molar-refractivity contribution is -0.134. The van der Waals surface area contributed by atoms with Crippen LogP contribution in [0, 0.1) is 0 Å². The Morgan fingerprint density at radius 2 is 1.92 bits per heavy atom. The number of halogens is 1. The predicted octanol–water partition coefficient (Wildman–Crippen LogP) is 2.21. The van der Waals surface area contributed by atoms with Crippen molar-refractivity contribution in [2.75, 3.05) is 20.1 Å². The van der Waals surface area contributed by atoms with Crippen molar-refractivity contribution >= 4 is 18.3 Å². The Morgan fingerprint density at radius 3 is 2.44 bits per heavy atom. The Hall–Kier alpha value is -2.05. The molecule has 0 spiro atoms. The molecule has 1 amide bonds. The molecule has 7 heteroatoms. The fourth-order valence-corrected chi connectivity index (χ4v) is 3.38. The van der Waals surface area contributed by atoms with Crippen LogP contribution in [-0.4, -0.2) is 45.8 Å². The number of likely N-dealkylation sites (tertiary alicyclic amines) is 1. The van der Waals surface area contributed by atoms with Gasteiger partial charge in [-0.3, -0.25) is 9.48 Å². The summed E-state index contributed by atoms with van der Waals surface area (Å²) in [6.45, 7) is 1.51. The molecule has 3 rings (SSSR count). The first-order valence-electron chi connectivity index (χ1n) is 8.32. The van der Waals surface area contributed by atoms with Crippen LogP contribution < -0.4 is 5.32 Å². The average molecular weight is 365 g/mol. The number of likely N-dealkylation sites (N-methyl/N-ethyl adjacent to an activating group) is 1. The van der Waals surface area contributed by atoms with Gasteiger partial charge < -0.3 is 15.3 Å². The lowest BCUT2D eigenvalue weighted by Gasteiger charge is -2.34. The number of carbonyl (C=O) groups is 1. The van der Waals surface area contributed by atoms with Gasteiger partial charge in [0.05, 0.1) is 6.20 Å². The number of benzene rings is 1. The number of nitrogens with one attached hydrogen (secondary N) is 1. The standard InChI is InChI=1S/C18H24N4O2.ClH/c1-19-17(15-11-20-21(2)12-15)18(24)22-9-7-14(8-10-22)13-3-5-16(23)6-4-13;/h3-6,11-12,14,17,19,23H,7-10H2,1-2H3;1H. The van der Waals surface area contributed by atoms with Crippen molar-refractivity contribution in [3.8, 4) is 5.75 Å². The molecule has 25 heavy (non-hydrogen) atoms. The predicted molar refractivity (Wildman–Crippen MR) is 98.9 cm³/mol. The van der Waals surface area contributed by atoms with E-state index >= 15 is 0 Å². The number of aromatic hydroxyl groups is 1. The molecular weight excluding hydrogens is 340 g/mol. The van der Waals surface area contributed by atoms with Gasteiger partial charge in [0.2, 0.25) is 5.91 Å². The molecular formula is C18H25ClN4O2. The summed E-state index contributed by atoms with van der Waals surface area (Å²) in [5.41, 5.74) is 2.13. The van der Waals surface area contributed by atoms with Crippen molar-refractivity contribution in [1.82, 2.24) is 20.0 Å². The number of aryl methyl sites for hydroxylation is 1. The number of hydrogen-bond donors (Lipinski definition) is 2. The molecule has 2 N–H and O–H groups in total. The van der Waals surface area contributed by atoms with Crippen molar-refractivity contribution in [1.29, 1.82) is 0 Å². The number of amides is 1. The van der Waals surface area contributed by atoms with E-state index in [9.17, 15) is 9.90 Å². The molecule has 2 aromatic rings. The third-order valence-electron chi connectivity index (χ3n) is 4.76. The smallest absolute Gasteiger partial charge is 0.244 e. The van der Waals surface area contributed by atoms with Gasteiger partial charge in [-0.1, -0.05) is 12.1 Å². The first-order valence-corrected chi connectivity index (χ1v) is 8.32. The minimum atomic E-state index is -0.344. The van der Waals surface area contributed by atoms with Crippen LogP contribution >= 0.6 is 12.4 Å². The summed E-state index contributed by atoms with van der Waals surface area (Å²) in [6, 6.07) is 7.06. The summed E-state index contributed by atoms with van der Waals surface area (Å²) in [5, 5.41) is 16.7. The number of hydrogen-bond acceptors (Lipinski definition) is 4. The Bertz CT molecular complexity index is 693. The lowest BCUT2D eigenvalue weighted by Crippen LogP contribution is -2.43. The molecule has 0 saturated carbocycles. The van der Waals surface area contributed by atoms with E-state index in [-0.39, 0.29) is 24.4 Å². The van der Waals surface area contributed by atoms with Gasteiger partial charge in [0, 0.05) is 31.9 Å². The van der Waals surface area contributed by atoms with Gasteiger partial charge in [-0.25, -0.2) is 0 Å². The van der Waals surface area contributed by atoms with Crippen molar-refractivity contribution < 1.29 is 9.90 Å². The zero-order valence-corrected chi connectivity index (χ0v) is 15.4. The molecule has 1 aromatic heterocycles. The van der Waals surface area contributed by atoms with Gasteiger partial charge >= 0.3 is 0 Å². The van der Waals surface area contributed by atoms with E-state index in [2.05, 4.69) is 10.4 Å². The summed E-state index contributed by atoms with van der Waals surface area (Å²) in [6.07, 6.45) is 5.50. The number of aromatic nitrogens is 2. The maximum Gasteiger partial charge on any atom is 0.244 e. The molecule has 0 aliphatic carbocycles. The van der Waals surface area contributed by atoms with Crippen molar-refractivity contribution in [2.45, 2.75) is 24.8 Å². The van der Waals surface area contributed by atoms with Crippen LogP contribution in [0.1, 0.15) is 35.9 Å². The van der Waals surface area contributed by atoms with Crippen LogP contribution in [0.25, 0.3) is 0 Å². The van der Waals surface area contributed by atoms with Crippen molar-refractivity contribution in [3.05, 3.63) is 47.8 Å². The van der Waals surface area contributed by atoms with E-state index in [0.717, 1.165) is 31.5 Å². The number of rotatable bonds is 4. The van der Waals surface area contributed by atoms with E-state index in [1.54, 1.807) is 30.1 Å². The van der Waals surface area contributed by atoms with E-state index in [1.165, 1.54) is 5.56 Å². The fraction of sp³-hybridized carbons (Fsp3) is 0.444. The fourth-order valence-electron chi connectivity index (χ4n) is 3.38. The summed E-state index contributed by atoms with van der Waals surface area (Å²) < 4.78 is 1.71. The third kappa shape index (κ3) is 4.32. The molecule has 1 fully saturated rings. The minimum absolute atomic E-state index is 0. The minimum Gasteiger partial charge on any atom is -0.508 e. The molecule has 1 saturated heterocycles. The van der Waals surface area contributed by atoms with Crippen LogP contribution in [-0.2, 0) is 11.8 Å². The summed E-state index contributed by atoms with van der Waals surface area (Å²) in [7, 11) is 3.66. The van der Waals surface area contributed by atoms with Crippen LogP contribution in [0.2, 0.25) is 0 Å². The van der Waals surface area contributed by atoms with E-state index in [4.69, 9.17) is 0 Å². The van der Waals surface area contributed by atoms with Gasteiger partial charge in [-0.05, 0) is 43.5 Å². The second-order valence-electron chi connectivity index (χ2n) is 6.36. The van der Waals surface area contributed by atoms with Crippen LogP contribution in [0.4, 0.5) is 0 Å². The zero-order chi connectivity index (χ0) is 17.1. The van der Waals surface area contributed by atoms with E-state index in [0.29, 0.717) is 11.7 Å². The largest absolute Gasteiger partial charge is 0.508 e. The molecule has 2 heterocycles. The number of nitrogens with zero attached hydrogens (tertiary/aromatic N) is 3. The molecule has 6 nitrogen and oxygen atoms in total. The Kier molecular flexibility index (Phi) is 6.45. The van der Waals surface area contributed by atoms with Gasteiger partial charge in [0.1, 0.15) is 11.8 Å². The zero-order valence-electron chi connectivity index (χ0n) is 14.6. The second-order valence-corrected chi connectivity index (χ2v) is 6.36. The molecule has 136 valence electrons.